The van der Waals surface area contributed by atoms with Crippen LogP contribution in [0.3, 0.4) is 0 Å². The molecule has 2 aliphatic rings. The van der Waals surface area contributed by atoms with Gasteiger partial charge in [-0.2, -0.15) is 0 Å². The molecule has 0 saturated heterocycles. The van der Waals surface area contributed by atoms with Crippen LogP contribution >= 0.6 is 11.6 Å². The Bertz CT molecular complexity index is 584. The second-order valence-electron chi connectivity index (χ2n) is 8.01. The minimum absolute atomic E-state index is 0.114. The first kappa shape index (κ1) is 18.8. The van der Waals surface area contributed by atoms with Crippen LogP contribution in [0, 0.1) is 23.6 Å². The van der Waals surface area contributed by atoms with Crippen LogP contribution in [0.4, 0.5) is 4.39 Å². The molecule has 2 saturated carbocycles. The van der Waals surface area contributed by atoms with Crippen molar-refractivity contribution in [3.8, 4) is 5.75 Å². The molecule has 1 aromatic rings. The summed E-state index contributed by atoms with van der Waals surface area (Å²) in [7, 11) is 0. The molecule has 0 spiro atoms. The van der Waals surface area contributed by atoms with Crippen LogP contribution in [-0.2, 0) is 0 Å². The van der Waals surface area contributed by atoms with E-state index in [0.29, 0.717) is 18.3 Å². The van der Waals surface area contributed by atoms with Crippen molar-refractivity contribution in [3.63, 3.8) is 0 Å². The molecule has 138 valence electrons. The predicted molar refractivity (Wildman–Crippen MR) is 103 cm³/mol. The molecule has 0 radical (unpaired) electrons. The van der Waals surface area contributed by atoms with Gasteiger partial charge in [-0.05, 0) is 73.8 Å². The van der Waals surface area contributed by atoms with Gasteiger partial charge in [0.25, 0.3) is 0 Å². The monoisotopic (exact) mass is 364 g/mol. The van der Waals surface area contributed by atoms with Gasteiger partial charge in [0.1, 0.15) is 23.2 Å². The summed E-state index contributed by atoms with van der Waals surface area (Å²) in [5.41, 5.74) is 0.770. The maximum absolute atomic E-state index is 14.7. The van der Waals surface area contributed by atoms with E-state index in [2.05, 4.69) is 13.5 Å². The van der Waals surface area contributed by atoms with Gasteiger partial charge < -0.3 is 4.74 Å². The third-order valence-electron chi connectivity index (χ3n) is 6.37. The SMILES string of the molecule is C=CCOc1ccc(C2CCC(C3CCC(C)CC3)CC2)c(F)c1Cl. The van der Waals surface area contributed by atoms with Gasteiger partial charge >= 0.3 is 0 Å². The summed E-state index contributed by atoms with van der Waals surface area (Å²) in [6.07, 6.45) is 11.8. The van der Waals surface area contributed by atoms with Gasteiger partial charge in [-0.15, -0.1) is 0 Å². The molecule has 0 N–H and O–H groups in total. The van der Waals surface area contributed by atoms with E-state index in [1.165, 1.54) is 38.5 Å². The van der Waals surface area contributed by atoms with Crippen LogP contribution in [0.15, 0.2) is 24.8 Å². The van der Waals surface area contributed by atoms with Gasteiger partial charge in [0.15, 0.2) is 0 Å². The highest BCUT2D eigenvalue weighted by Gasteiger charge is 2.31. The Morgan fingerprint density at radius 3 is 2.28 bits per heavy atom. The van der Waals surface area contributed by atoms with Crippen molar-refractivity contribution in [2.45, 2.75) is 64.2 Å². The topological polar surface area (TPSA) is 9.23 Å². The number of halogens is 2. The number of benzene rings is 1. The third kappa shape index (κ3) is 4.39. The molecule has 3 rings (SSSR count). The molecule has 0 atom stereocenters. The lowest BCUT2D eigenvalue weighted by atomic mass is 9.68. The van der Waals surface area contributed by atoms with Crippen molar-refractivity contribution in [1.82, 2.24) is 0 Å². The van der Waals surface area contributed by atoms with Gasteiger partial charge in [-0.1, -0.05) is 50.1 Å². The molecule has 0 aliphatic heterocycles. The average Bonchev–Trinajstić information content (AvgIpc) is 2.64. The normalized spacial score (nSPS) is 30.0. The van der Waals surface area contributed by atoms with E-state index in [0.717, 1.165) is 36.2 Å². The Balaban J connectivity index is 1.61. The molecular weight excluding hydrogens is 335 g/mol. The smallest absolute Gasteiger partial charge is 0.149 e. The van der Waals surface area contributed by atoms with Crippen LogP contribution in [0.1, 0.15) is 69.8 Å². The Morgan fingerprint density at radius 1 is 1.08 bits per heavy atom. The lowest BCUT2D eigenvalue weighted by molar-refractivity contribution is 0.164. The van der Waals surface area contributed by atoms with Crippen molar-refractivity contribution in [3.05, 3.63) is 41.2 Å². The fourth-order valence-corrected chi connectivity index (χ4v) is 5.01. The molecule has 0 unspecified atom stereocenters. The average molecular weight is 365 g/mol. The predicted octanol–water partition coefficient (Wildman–Crippen LogP) is 7.14. The minimum atomic E-state index is -0.293. The summed E-state index contributed by atoms with van der Waals surface area (Å²) in [5.74, 6) is 3.07. The lowest BCUT2D eigenvalue weighted by Gasteiger charge is -2.37. The Labute approximate surface area is 156 Å². The minimum Gasteiger partial charge on any atom is -0.488 e. The van der Waals surface area contributed by atoms with Gasteiger partial charge in [-0.3, -0.25) is 0 Å². The summed E-state index contributed by atoms with van der Waals surface area (Å²) in [6.45, 7) is 6.32. The maximum Gasteiger partial charge on any atom is 0.149 e. The fraction of sp³-hybridized carbons (Fsp3) is 0.636. The molecule has 0 amide bonds. The molecule has 25 heavy (non-hydrogen) atoms. The van der Waals surface area contributed by atoms with E-state index in [1.807, 2.05) is 6.07 Å². The zero-order valence-corrected chi connectivity index (χ0v) is 16.0. The highest BCUT2D eigenvalue weighted by atomic mass is 35.5. The number of hydrogen-bond donors (Lipinski definition) is 0. The van der Waals surface area contributed by atoms with Crippen LogP contribution in [0.5, 0.6) is 5.75 Å². The van der Waals surface area contributed by atoms with E-state index in [9.17, 15) is 4.39 Å². The van der Waals surface area contributed by atoms with Crippen LogP contribution < -0.4 is 4.74 Å². The second-order valence-corrected chi connectivity index (χ2v) is 8.39. The highest BCUT2D eigenvalue weighted by Crippen LogP contribution is 2.45. The fourth-order valence-electron chi connectivity index (χ4n) is 4.78. The lowest BCUT2D eigenvalue weighted by Crippen LogP contribution is -2.25. The van der Waals surface area contributed by atoms with Crippen LogP contribution in [0.25, 0.3) is 0 Å². The molecule has 1 aromatic carbocycles. The van der Waals surface area contributed by atoms with Gasteiger partial charge in [0.2, 0.25) is 0 Å². The van der Waals surface area contributed by atoms with Crippen molar-refractivity contribution in [2.24, 2.45) is 17.8 Å². The van der Waals surface area contributed by atoms with Crippen LogP contribution in [0.2, 0.25) is 5.02 Å². The van der Waals surface area contributed by atoms with Crippen molar-refractivity contribution >= 4 is 11.6 Å². The van der Waals surface area contributed by atoms with E-state index < -0.39 is 0 Å². The number of rotatable bonds is 5. The zero-order chi connectivity index (χ0) is 17.8. The molecular formula is C22H30ClFO. The molecule has 2 aliphatic carbocycles. The third-order valence-corrected chi connectivity index (χ3v) is 6.72. The molecule has 0 heterocycles. The first-order chi connectivity index (χ1) is 12.1. The van der Waals surface area contributed by atoms with E-state index >= 15 is 0 Å². The second kappa shape index (κ2) is 8.58. The van der Waals surface area contributed by atoms with E-state index in [-0.39, 0.29) is 10.8 Å². The van der Waals surface area contributed by atoms with Crippen molar-refractivity contribution in [1.29, 1.82) is 0 Å². The van der Waals surface area contributed by atoms with Crippen molar-refractivity contribution in [2.75, 3.05) is 6.61 Å². The number of ether oxygens (including phenoxy) is 1. The number of hydrogen-bond acceptors (Lipinski definition) is 1. The summed E-state index contributed by atoms with van der Waals surface area (Å²) in [6, 6.07) is 3.67. The summed E-state index contributed by atoms with van der Waals surface area (Å²) >= 11 is 6.18. The van der Waals surface area contributed by atoms with Crippen molar-refractivity contribution < 1.29 is 9.13 Å². The standard InChI is InChI=1S/C22H30ClFO/c1-3-14-25-20-13-12-19(22(24)21(20)23)18-10-8-17(9-11-18)16-6-4-15(2)5-7-16/h3,12-13,15-18H,1,4-11,14H2,2H3. The molecule has 3 heteroatoms. The summed E-state index contributed by atoms with van der Waals surface area (Å²) < 4.78 is 20.2. The largest absolute Gasteiger partial charge is 0.488 e. The van der Waals surface area contributed by atoms with Gasteiger partial charge in [-0.25, -0.2) is 4.39 Å². The molecule has 0 bridgehead atoms. The molecule has 2 fully saturated rings. The first-order valence-electron chi connectivity index (χ1n) is 9.81. The van der Waals surface area contributed by atoms with E-state index in [4.69, 9.17) is 16.3 Å². The Hall–Kier alpha value is -1.02. The first-order valence-corrected chi connectivity index (χ1v) is 10.2. The zero-order valence-electron chi connectivity index (χ0n) is 15.3. The van der Waals surface area contributed by atoms with E-state index in [1.54, 1.807) is 12.1 Å². The molecule has 0 aromatic heterocycles. The quantitative estimate of drug-likeness (QED) is 0.504. The highest BCUT2D eigenvalue weighted by molar-refractivity contribution is 6.32. The summed E-state index contributed by atoms with van der Waals surface area (Å²) in [5, 5.41) is 0.114. The Morgan fingerprint density at radius 2 is 1.68 bits per heavy atom. The molecule has 1 nitrogen and oxygen atoms in total. The summed E-state index contributed by atoms with van der Waals surface area (Å²) in [4.78, 5) is 0. The Kier molecular flexibility index (Phi) is 6.44. The van der Waals surface area contributed by atoms with Crippen LogP contribution in [-0.4, -0.2) is 6.61 Å². The van der Waals surface area contributed by atoms with Gasteiger partial charge in [0.05, 0.1) is 0 Å². The van der Waals surface area contributed by atoms with Gasteiger partial charge in [0, 0.05) is 0 Å². The maximum atomic E-state index is 14.7.